The lowest BCUT2D eigenvalue weighted by atomic mass is 9.98. The predicted octanol–water partition coefficient (Wildman–Crippen LogP) is 5.61. The molecule has 1 heterocycles. The monoisotopic (exact) mass is 391 g/mol. The van der Waals surface area contributed by atoms with Crippen molar-refractivity contribution in [3.63, 3.8) is 0 Å². The Morgan fingerprint density at radius 2 is 1.79 bits per heavy atom. The predicted molar refractivity (Wildman–Crippen MR) is 117 cm³/mol. The Labute approximate surface area is 170 Å². The number of nitrogens with one attached hydrogen (secondary N) is 1. The van der Waals surface area contributed by atoms with Crippen molar-refractivity contribution < 1.29 is 4.79 Å². The van der Waals surface area contributed by atoms with Gasteiger partial charge in [0, 0.05) is 16.9 Å². The van der Waals surface area contributed by atoms with Gasteiger partial charge in [-0.05, 0) is 37.0 Å². The van der Waals surface area contributed by atoms with Crippen molar-refractivity contribution >= 4 is 23.4 Å². The third kappa shape index (κ3) is 4.98. The molecule has 4 nitrogen and oxygen atoms in total. The van der Waals surface area contributed by atoms with Gasteiger partial charge >= 0.3 is 0 Å². The van der Waals surface area contributed by atoms with Crippen molar-refractivity contribution in [2.75, 3.05) is 11.1 Å². The van der Waals surface area contributed by atoms with Crippen LogP contribution in [0.25, 0.3) is 11.3 Å². The van der Waals surface area contributed by atoms with Gasteiger partial charge in [0.05, 0.1) is 11.4 Å². The lowest BCUT2D eigenvalue weighted by Crippen LogP contribution is -2.17. The van der Waals surface area contributed by atoms with Crippen LogP contribution in [0.15, 0.2) is 59.8 Å². The normalized spacial score (nSPS) is 10.9. The van der Waals surface area contributed by atoms with Gasteiger partial charge in [0.25, 0.3) is 0 Å². The lowest BCUT2D eigenvalue weighted by molar-refractivity contribution is -0.113. The SMILES string of the molecule is Cc1cc(-c2ccccc2)nc(SCC(=O)Nc2c(C)cccc2C(C)C)n1. The molecule has 28 heavy (non-hydrogen) atoms. The Morgan fingerprint density at radius 3 is 2.50 bits per heavy atom. The fourth-order valence-electron chi connectivity index (χ4n) is 3.01. The largest absolute Gasteiger partial charge is 0.325 e. The van der Waals surface area contributed by atoms with Gasteiger partial charge < -0.3 is 5.32 Å². The molecule has 2 aromatic carbocycles. The molecule has 3 aromatic rings. The zero-order valence-electron chi connectivity index (χ0n) is 16.7. The van der Waals surface area contributed by atoms with Gasteiger partial charge in [-0.15, -0.1) is 0 Å². The summed E-state index contributed by atoms with van der Waals surface area (Å²) < 4.78 is 0. The van der Waals surface area contributed by atoms with E-state index >= 15 is 0 Å². The molecule has 0 radical (unpaired) electrons. The van der Waals surface area contributed by atoms with Crippen LogP contribution in [0.5, 0.6) is 0 Å². The van der Waals surface area contributed by atoms with Gasteiger partial charge in [0.1, 0.15) is 0 Å². The number of anilines is 1. The first-order valence-corrected chi connectivity index (χ1v) is 10.4. The smallest absolute Gasteiger partial charge is 0.234 e. The second kappa shape index (κ2) is 9.02. The molecule has 144 valence electrons. The van der Waals surface area contributed by atoms with E-state index in [9.17, 15) is 4.79 Å². The minimum atomic E-state index is -0.0485. The van der Waals surface area contributed by atoms with Crippen molar-refractivity contribution in [2.45, 2.75) is 38.8 Å². The molecule has 0 bridgehead atoms. The molecule has 0 saturated carbocycles. The van der Waals surface area contributed by atoms with Crippen LogP contribution in [0.4, 0.5) is 5.69 Å². The summed E-state index contributed by atoms with van der Waals surface area (Å²) in [6.07, 6.45) is 0. The van der Waals surface area contributed by atoms with Crippen molar-refractivity contribution in [2.24, 2.45) is 0 Å². The van der Waals surface area contributed by atoms with Crippen LogP contribution in [0.1, 0.15) is 36.6 Å². The first-order valence-electron chi connectivity index (χ1n) is 9.37. The Kier molecular flexibility index (Phi) is 6.47. The second-order valence-corrected chi connectivity index (χ2v) is 8.02. The average molecular weight is 392 g/mol. The number of hydrogen-bond donors (Lipinski definition) is 1. The number of carbonyl (C=O) groups is 1. The van der Waals surface area contributed by atoms with Crippen molar-refractivity contribution in [3.05, 3.63) is 71.4 Å². The van der Waals surface area contributed by atoms with E-state index in [1.165, 1.54) is 11.8 Å². The highest BCUT2D eigenvalue weighted by atomic mass is 32.2. The summed E-state index contributed by atoms with van der Waals surface area (Å²) in [5.74, 6) is 0.563. The van der Waals surface area contributed by atoms with Gasteiger partial charge in [-0.1, -0.05) is 74.1 Å². The zero-order chi connectivity index (χ0) is 20.1. The van der Waals surface area contributed by atoms with Gasteiger partial charge in [0.15, 0.2) is 5.16 Å². The van der Waals surface area contributed by atoms with Gasteiger partial charge in [0.2, 0.25) is 5.91 Å². The van der Waals surface area contributed by atoms with E-state index in [1.807, 2.05) is 62.4 Å². The molecule has 0 aliphatic rings. The van der Waals surface area contributed by atoms with E-state index in [1.54, 1.807) is 0 Å². The highest BCUT2D eigenvalue weighted by Gasteiger charge is 2.13. The number of aryl methyl sites for hydroxylation is 2. The first kappa shape index (κ1) is 20.1. The Morgan fingerprint density at radius 1 is 1.04 bits per heavy atom. The Bertz CT molecular complexity index is 971. The van der Waals surface area contributed by atoms with Crippen LogP contribution in [-0.4, -0.2) is 21.6 Å². The van der Waals surface area contributed by atoms with Crippen LogP contribution in [0.3, 0.4) is 0 Å². The van der Waals surface area contributed by atoms with E-state index in [0.29, 0.717) is 11.1 Å². The Balaban J connectivity index is 1.71. The van der Waals surface area contributed by atoms with Crippen molar-refractivity contribution in [3.8, 4) is 11.3 Å². The molecule has 1 aromatic heterocycles. The summed E-state index contributed by atoms with van der Waals surface area (Å²) in [7, 11) is 0. The molecular weight excluding hydrogens is 366 g/mol. The molecule has 0 fully saturated rings. The maximum absolute atomic E-state index is 12.6. The number of hydrogen-bond acceptors (Lipinski definition) is 4. The van der Waals surface area contributed by atoms with Gasteiger partial charge in [-0.25, -0.2) is 9.97 Å². The minimum Gasteiger partial charge on any atom is -0.325 e. The zero-order valence-corrected chi connectivity index (χ0v) is 17.5. The second-order valence-electron chi connectivity index (χ2n) is 7.07. The molecule has 0 atom stereocenters. The molecule has 1 amide bonds. The molecule has 0 aliphatic carbocycles. The van der Waals surface area contributed by atoms with E-state index in [-0.39, 0.29) is 11.7 Å². The molecule has 0 unspecified atom stereocenters. The number of benzene rings is 2. The summed E-state index contributed by atoms with van der Waals surface area (Å²) in [6.45, 7) is 8.22. The minimum absolute atomic E-state index is 0.0485. The maximum Gasteiger partial charge on any atom is 0.234 e. The number of carbonyl (C=O) groups excluding carboxylic acids is 1. The molecule has 0 saturated heterocycles. The van der Waals surface area contributed by atoms with Crippen LogP contribution >= 0.6 is 11.8 Å². The quantitative estimate of drug-likeness (QED) is 0.438. The van der Waals surface area contributed by atoms with Crippen LogP contribution in [-0.2, 0) is 4.79 Å². The fourth-order valence-corrected chi connectivity index (χ4v) is 3.71. The van der Waals surface area contributed by atoms with Crippen LogP contribution in [0.2, 0.25) is 0 Å². The summed E-state index contributed by atoms with van der Waals surface area (Å²) in [5, 5.41) is 3.69. The third-order valence-electron chi connectivity index (χ3n) is 4.43. The van der Waals surface area contributed by atoms with E-state index in [2.05, 4.69) is 35.2 Å². The summed E-state index contributed by atoms with van der Waals surface area (Å²) in [6, 6.07) is 18.1. The fraction of sp³-hybridized carbons (Fsp3) is 0.261. The molecule has 5 heteroatoms. The van der Waals surface area contributed by atoms with Crippen LogP contribution < -0.4 is 5.32 Å². The van der Waals surface area contributed by atoms with Crippen LogP contribution in [0, 0.1) is 13.8 Å². The van der Waals surface area contributed by atoms with Crippen molar-refractivity contribution in [1.29, 1.82) is 0 Å². The highest BCUT2D eigenvalue weighted by Crippen LogP contribution is 2.28. The number of rotatable bonds is 6. The third-order valence-corrected chi connectivity index (χ3v) is 5.27. The lowest BCUT2D eigenvalue weighted by Gasteiger charge is -2.16. The summed E-state index contributed by atoms with van der Waals surface area (Å²) in [5.41, 5.74) is 5.94. The highest BCUT2D eigenvalue weighted by molar-refractivity contribution is 7.99. The molecule has 0 aliphatic heterocycles. The average Bonchev–Trinajstić information content (AvgIpc) is 2.68. The molecule has 0 spiro atoms. The summed E-state index contributed by atoms with van der Waals surface area (Å²) in [4.78, 5) is 21.7. The number of amides is 1. The van der Waals surface area contributed by atoms with E-state index in [0.717, 1.165) is 33.8 Å². The van der Waals surface area contributed by atoms with Gasteiger partial charge in [-0.3, -0.25) is 4.79 Å². The Hall–Kier alpha value is -2.66. The van der Waals surface area contributed by atoms with E-state index < -0.39 is 0 Å². The summed E-state index contributed by atoms with van der Waals surface area (Å²) >= 11 is 1.36. The maximum atomic E-state index is 12.6. The number of nitrogens with zero attached hydrogens (tertiary/aromatic N) is 2. The van der Waals surface area contributed by atoms with Crippen molar-refractivity contribution in [1.82, 2.24) is 9.97 Å². The first-order chi connectivity index (χ1) is 13.4. The number of thioether (sulfide) groups is 1. The topological polar surface area (TPSA) is 54.9 Å². The molecule has 3 rings (SSSR count). The van der Waals surface area contributed by atoms with E-state index in [4.69, 9.17) is 0 Å². The number of aromatic nitrogens is 2. The standard InChI is InChI=1S/C23H25N3OS/c1-15(2)19-12-8-9-16(3)22(19)26-21(27)14-28-23-24-17(4)13-20(25-23)18-10-6-5-7-11-18/h5-13,15H,14H2,1-4H3,(H,26,27). The number of para-hydroxylation sites is 1. The molecular formula is C23H25N3OS. The molecule has 1 N–H and O–H groups in total. The van der Waals surface area contributed by atoms with Gasteiger partial charge in [-0.2, -0.15) is 0 Å².